The third-order valence-electron chi connectivity index (χ3n) is 4.56. The van der Waals surface area contributed by atoms with Crippen LogP contribution in [0.25, 0.3) is 0 Å². The van der Waals surface area contributed by atoms with Crippen LogP contribution in [0.1, 0.15) is 16.8 Å². The first-order valence-electron chi connectivity index (χ1n) is 8.36. The first-order valence-corrected chi connectivity index (χ1v) is 8.36. The van der Waals surface area contributed by atoms with Gasteiger partial charge in [-0.2, -0.15) is 0 Å². The largest absolute Gasteiger partial charge is 0.486 e. The second-order valence-corrected chi connectivity index (χ2v) is 6.19. The smallest absolute Gasteiger partial charge is 0.262 e. The fourth-order valence-corrected chi connectivity index (χ4v) is 3.34. The summed E-state index contributed by atoms with van der Waals surface area (Å²) in [5, 5.41) is 0. The van der Waals surface area contributed by atoms with Crippen molar-refractivity contribution in [2.75, 3.05) is 43.2 Å². The summed E-state index contributed by atoms with van der Waals surface area (Å²) in [5.41, 5.74) is 1.87. The Morgan fingerprint density at radius 3 is 2.80 bits per heavy atom. The first-order chi connectivity index (χ1) is 12.1. The van der Waals surface area contributed by atoms with E-state index in [1.54, 1.807) is 29.2 Å². The number of nitrogens with zero attached hydrogens (tertiary/aromatic N) is 2. The van der Waals surface area contributed by atoms with Gasteiger partial charge in [0.15, 0.2) is 11.5 Å². The summed E-state index contributed by atoms with van der Waals surface area (Å²) in [5.74, 6) is 0.476. The van der Waals surface area contributed by atoms with Crippen LogP contribution in [0.2, 0.25) is 0 Å². The molecule has 5 nitrogen and oxygen atoms in total. The van der Waals surface area contributed by atoms with Crippen LogP contribution in [-0.2, 0) is 0 Å². The lowest BCUT2D eigenvalue weighted by atomic mass is 10.1. The van der Waals surface area contributed by atoms with Gasteiger partial charge in [-0.05, 0) is 36.8 Å². The number of amides is 1. The Kier molecular flexibility index (Phi) is 3.95. The molecule has 0 atom stereocenters. The van der Waals surface area contributed by atoms with Crippen LogP contribution in [0, 0.1) is 5.82 Å². The molecule has 0 bridgehead atoms. The molecule has 0 aliphatic carbocycles. The number of anilines is 2. The number of benzene rings is 2. The van der Waals surface area contributed by atoms with Crippen molar-refractivity contribution < 1.29 is 18.7 Å². The molecule has 4 rings (SSSR count). The molecule has 0 unspecified atom stereocenters. The van der Waals surface area contributed by atoms with Gasteiger partial charge >= 0.3 is 0 Å². The molecule has 0 N–H and O–H groups in total. The molecule has 6 heteroatoms. The molecule has 0 fully saturated rings. The van der Waals surface area contributed by atoms with Gasteiger partial charge in [-0.3, -0.25) is 4.79 Å². The molecular formula is C19H19FN2O3. The van der Waals surface area contributed by atoms with Gasteiger partial charge in [-0.1, -0.05) is 6.07 Å². The minimum absolute atomic E-state index is 0.204. The van der Waals surface area contributed by atoms with E-state index in [1.165, 1.54) is 12.1 Å². The molecule has 2 heterocycles. The van der Waals surface area contributed by atoms with Crippen LogP contribution in [0.4, 0.5) is 15.8 Å². The van der Waals surface area contributed by atoms with E-state index in [4.69, 9.17) is 9.47 Å². The number of para-hydroxylation sites is 1. The number of rotatable bonds is 1. The number of carbonyl (C=O) groups is 1. The van der Waals surface area contributed by atoms with Crippen molar-refractivity contribution in [3.63, 3.8) is 0 Å². The summed E-state index contributed by atoms with van der Waals surface area (Å²) in [6.07, 6.45) is 0.797. The van der Waals surface area contributed by atoms with Crippen molar-refractivity contribution in [2.45, 2.75) is 6.42 Å². The van der Waals surface area contributed by atoms with Crippen molar-refractivity contribution in [1.82, 2.24) is 0 Å². The first kappa shape index (κ1) is 15.7. The zero-order valence-electron chi connectivity index (χ0n) is 14.0. The van der Waals surface area contributed by atoms with Crippen molar-refractivity contribution in [2.24, 2.45) is 0 Å². The number of hydrogen-bond acceptors (Lipinski definition) is 4. The molecule has 130 valence electrons. The lowest BCUT2D eigenvalue weighted by Gasteiger charge is -2.26. The second kappa shape index (κ2) is 6.27. The number of hydrogen-bond donors (Lipinski definition) is 0. The molecule has 0 spiro atoms. The molecule has 0 saturated heterocycles. The SMILES string of the molecule is CN1CCCN(C(=O)c2cccc3c2OCCO3)c2cc(F)ccc21. The van der Waals surface area contributed by atoms with Crippen LogP contribution < -0.4 is 19.3 Å². The fourth-order valence-electron chi connectivity index (χ4n) is 3.34. The van der Waals surface area contributed by atoms with E-state index in [0.29, 0.717) is 42.5 Å². The number of fused-ring (bicyclic) bond motifs is 2. The lowest BCUT2D eigenvalue weighted by molar-refractivity contribution is 0.0976. The highest BCUT2D eigenvalue weighted by Crippen LogP contribution is 2.37. The van der Waals surface area contributed by atoms with Gasteiger partial charge in [-0.15, -0.1) is 0 Å². The van der Waals surface area contributed by atoms with Crippen molar-refractivity contribution in [1.29, 1.82) is 0 Å². The third kappa shape index (κ3) is 2.77. The van der Waals surface area contributed by atoms with E-state index in [2.05, 4.69) is 0 Å². The van der Waals surface area contributed by atoms with E-state index >= 15 is 0 Å². The summed E-state index contributed by atoms with van der Waals surface area (Å²) in [6.45, 7) is 2.19. The van der Waals surface area contributed by atoms with Gasteiger partial charge in [-0.25, -0.2) is 4.39 Å². The van der Waals surface area contributed by atoms with Gasteiger partial charge in [0.05, 0.1) is 16.9 Å². The monoisotopic (exact) mass is 342 g/mol. The number of ether oxygens (including phenoxy) is 2. The van der Waals surface area contributed by atoms with E-state index in [-0.39, 0.29) is 11.7 Å². The number of halogens is 1. The molecule has 2 aromatic carbocycles. The summed E-state index contributed by atoms with van der Waals surface area (Å²) in [7, 11) is 1.95. The molecule has 2 aliphatic rings. The van der Waals surface area contributed by atoms with E-state index in [0.717, 1.165) is 18.7 Å². The maximum atomic E-state index is 13.9. The van der Waals surface area contributed by atoms with Gasteiger partial charge in [0.25, 0.3) is 5.91 Å². The highest BCUT2D eigenvalue weighted by atomic mass is 19.1. The molecule has 0 aromatic heterocycles. The van der Waals surface area contributed by atoms with Crippen LogP contribution in [-0.4, -0.2) is 39.3 Å². The Morgan fingerprint density at radius 1 is 1.08 bits per heavy atom. The second-order valence-electron chi connectivity index (χ2n) is 6.19. The number of carbonyl (C=O) groups excluding carboxylic acids is 1. The molecule has 0 radical (unpaired) electrons. The maximum absolute atomic E-state index is 13.9. The van der Waals surface area contributed by atoms with Gasteiger partial charge in [0.1, 0.15) is 19.0 Å². The topological polar surface area (TPSA) is 42.0 Å². The summed E-state index contributed by atoms with van der Waals surface area (Å²) in [4.78, 5) is 16.9. The van der Waals surface area contributed by atoms with Crippen molar-refractivity contribution in [3.8, 4) is 11.5 Å². The van der Waals surface area contributed by atoms with E-state index in [9.17, 15) is 9.18 Å². The molecular weight excluding hydrogens is 323 g/mol. The predicted molar refractivity (Wildman–Crippen MR) is 93.4 cm³/mol. The van der Waals surface area contributed by atoms with Crippen LogP contribution in [0.3, 0.4) is 0 Å². The average Bonchev–Trinajstić information content (AvgIpc) is 2.79. The molecule has 25 heavy (non-hydrogen) atoms. The van der Waals surface area contributed by atoms with Crippen molar-refractivity contribution in [3.05, 3.63) is 47.8 Å². The third-order valence-corrected chi connectivity index (χ3v) is 4.56. The molecule has 0 saturated carbocycles. The van der Waals surface area contributed by atoms with Crippen LogP contribution in [0.5, 0.6) is 11.5 Å². The van der Waals surface area contributed by atoms with Gasteiger partial charge in [0, 0.05) is 20.1 Å². The lowest BCUT2D eigenvalue weighted by Crippen LogP contribution is -2.32. The Labute approximate surface area is 145 Å². The standard InChI is InChI=1S/C19H19FN2O3/c1-21-8-3-9-22(16-12-13(20)6-7-15(16)21)19(23)14-4-2-5-17-18(14)25-11-10-24-17/h2,4-7,12H,3,8-11H2,1H3. The summed E-state index contributed by atoms with van der Waals surface area (Å²) < 4.78 is 25.1. The highest BCUT2D eigenvalue weighted by molar-refractivity contribution is 6.10. The fraction of sp³-hybridized carbons (Fsp3) is 0.316. The normalized spacial score (nSPS) is 16.2. The van der Waals surface area contributed by atoms with E-state index < -0.39 is 0 Å². The highest BCUT2D eigenvalue weighted by Gasteiger charge is 2.28. The zero-order chi connectivity index (χ0) is 17.4. The van der Waals surface area contributed by atoms with Gasteiger partial charge < -0.3 is 19.3 Å². The van der Waals surface area contributed by atoms with Gasteiger partial charge in [0.2, 0.25) is 0 Å². The Hall–Kier alpha value is -2.76. The Balaban J connectivity index is 1.78. The Bertz CT molecular complexity index is 824. The van der Waals surface area contributed by atoms with Crippen molar-refractivity contribution >= 4 is 17.3 Å². The predicted octanol–water partition coefficient (Wildman–Crippen LogP) is 3.08. The summed E-state index contributed by atoms with van der Waals surface area (Å²) >= 11 is 0. The average molecular weight is 342 g/mol. The summed E-state index contributed by atoms with van der Waals surface area (Å²) in [6, 6.07) is 9.85. The van der Waals surface area contributed by atoms with Crippen LogP contribution in [0.15, 0.2) is 36.4 Å². The quantitative estimate of drug-likeness (QED) is 0.799. The van der Waals surface area contributed by atoms with Crippen LogP contribution >= 0.6 is 0 Å². The minimum Gasteiger partial charge on any atom is -0.486 e. The molecule has 2 aromatic rings. The molecule has 1 amide bonds. The molecule has 2 aliphatic heterocycles. The Morgan fingerprint density at radius 2 is 1.92 bits per heavy atom. The zero-order valence-corrected chi connectivity index (χ0v) is 14.0. The minimum atomic E-state index is -0.360. The van der Waals surface area contributed by atoms with E-state index in [1.807, 2.05) is 11.9 Å². The maximum Gasteiger partial charge on any atom is 0.262 e.